The number of hydrogen-bond acceptors (Lipinski definition) is 4. The maximum atomic E-state index is 13.2. The van der Waals surface area contributed by atoms with Crippen LogP contribution in [0.1, 0.15) is 18.5 Å². The molecule has 21 heavy (non-hydrogen) atoms. The highest BCUT2D eigenvalue weighted by Crippen LogP contribution is 2.22. The third kappa shape index (κ3) is 3.61. The van der Waals surface area contributed by atoms with Crippen molar-refractivity contribution in [2.24, 2.45) is 5.73 Å². The molecule has 1 aliphatic rings. The Hall–Kier alpha value is -1.43. The molecule has 3 rings (SSSR count). The Bertz CT molecular complexity index is 590. The summed E-state index contributed by atoms with van der Waals surface area (Å²) in [6, 6.07) is 6.71. The third-order valence-corrected chi connectivity index (χ3v) is 3.76. The number of oxazole rings is 1. The van der Waals surface area contributed by atoms with Gasteiger partial charge in [-0.25, -0.2) is 9.37 Å². The van der Waals surface area contributed by atoms with Gasteiger partial charge in [-0.3, -0.25) is 4.90 Å². The zero-order valence-electron chi connectivity index (χ0n) is 11.7. The van der Waals surface area contributed by atoms with Crippen LogP contribution < -0.4 is 5.73 Å². The van der Waals surface area contributed by atoms with Crippen LogP contribution in [0.3, 0.4) is 0 Å². The second-order valence-corrected chi connectivity index (χ2v) is 5.16. The Morgan fingerprint density at radius 1 is 1.43 bits per heavy atom. The Kier molecular flexibility index (Phi) is 5.33. The van der Waals surface area contributed by atoms with Crippen molar-refractivity contribution < 1.29 is 8.81 Å². The maximum Gasteiger partial charge on any atom is 0.226 e. The van der Waals surface area contributed by atoms with Crippen molar-refractivity contribution in [1.82, 2.24) is 9.88 Å². The van der Waals surface area contributed by atoms with Gasteiger partial charge in [0.05, 0.1) is 5.69 Å². The van der Waals surface area contributed by atoms with Crippen molar-refractivity contribution in [2.45, 2.75) is 25.4 Å². The molecule has 4 nitrogen and oxygen atoms in total. The van der Waals surface area contributed by atoms with Crippen LogP contribution in [0.25, 0.3) is 11.5 Å². The quantitative estimate of drug-likeness (QED) is 0.943. The fraction of sp³-hybridized carbons (Fsp3) is 0.400. The van der Waals surface area contributed by atoms with E-state index in [-0.39, 0.29) is 18.2 Å². The molecule has 2 aromatic rings. The van der Waals surface area contributed by atoms with Gasteiger partial charge in [-0.15, -0.1) is 12.4 Å². The van der Waals surface area contributed by atoms with Crippen LogP contribution in [-0.2, 0) is 6.54 Å². The molecule has 114 valence electrons. The number of nitrogens with two attached hydrogens (primary N) is 1. The second kappa shape index (κ2) is 7.02. The second-order valence-electron chi connectivity index (χ2n) is 5.16. The average Bonchev–Trinajstić information content (AvgIpc) is 3.08. The van der Waals surface area contributed by atoms with Crippen molar-refractivity contribution in [2.75, 3.05) is 13.1 Å². The first-order chi connectivity index (χ1) is 9.76. The van der Waals surface area contributed by atoms with Crippen LogP contribution >= 0.6 is 12.4 Å². The lowest BCUT2D eigenvalue weighted by Crippen LogP contribution is -2.34. The number of halogens is 2. The molecular weight excluding hydrogens is 293 g/mol. The lowest BCUT2D eigenvalue weighted by atomic mass is 10.2. The minimum Gasteiger partial charge on any atom is -0.444 e. The Balaban J connectivity index is 0.00000161. The van der Waals surface area contributed by atoms with E-state index in [2.05, 4.69) is 9.88 Å². The first-order valence-electron chi connectivity index (χ1n) is 6.91. The fourth-order valence-electron chi connectivity index (χ4n) is 2.71. The first kappa shape index (κ1) is 15.9. The molecule has 1 aliphatic heterocycles. The molecule has 0 spiro atoms. The monoisotopic (exact) mass is 311 g/mol. The van der Waals surface area contributed by atoms with E-state index in [1.165, 1.54) is 18.6 Å². The van der Waals surface area contributed by atoms with Crippen molar-refractivity contribution in [3.05, 3.63) is 42.0 Å². The number of rotatable bonds is 4. The standard InChI is InChI=1S/C15H18FN3O.ClH/c16-12-4-1-3-11(7-12)15-18-13(10-20-15)9-19-6-2-5-14(19)8-17;/h1,3-4,7,10,14H,2,5-6,8-9,17H2;1H. The van der Waals surface area contributed by atoms with Gasteiger partial charge >= 0.3 is 0 Å². The molecule has 1 aromatic heterocycles. The number of aromatic nitrogens is 1. The summed E-state index contributed by atoms with van der Waals surface area (Å²) < 4.78 is 18.6. The normalized spacial score (nSPS) is 18.7. The first-order valence-corrected chi connectivity index (χ1v) is 6.91. The highest BCUT2D eigenvalue weighted by atomic mass is 35.5. The highest BCUT2D eigenvalue weighted by Gasteiger charge is 2.24. The number of hydrogen-bond donors (Lipinski definition) is 1. The molecule has 0 bridgehead atoms. The summed E-state index contributed by atoms with van der Waals surface area (Å²) in [6.07, 6.45) is 3.97. The van der Waals surface area contributed by atoms with Crippen LogP contribution in [0, 0.1) is 5.82 Å². The summed E-state index contributed by atoms with van der Waals surface area (Å²) in [5, 5.41) is 0. The van der Waals surface area contributed by atoms with E-state index >= 15 is 0 Å². The minimum absolute atomic E-state index is 0. The molecule has 2 heterocycles. The topological polar surface area (TPSA) is 55.3 Å². The third-order valence-electron chi connectivity index (χ3n) is 3.76. The highest BCUT2D eigenvalue weighted by molar-refractivity contribution is 5.85. The lowest BCUT2D eigenvalue weighted by molar-refractivity contribution is 0.247. The van der Waals surface area contributed by atoms with E-state index in [9.17, 15) is 4.39 Å². The van der Waals surface area contributed by atoms with Gasteiger partial charge in [0.25, 0.3) is 0 Å². The van der Waals surface area contributed by atoms with Gasteiger partial charge < -0.3 is 10.2 Å². The summed E-state index contributed by atoms with van der Waals surface area (Å²) in [4.78, 5) is 6.76. The molecule has 1 atom stereocenters. The SMILES string of the molecule is Cl.NCC1CCCN1Cc1coc(-c2cccc(F)c2)n1. The summed E-state index contributed by atoms with van der Waals surface area (Å²) in [5.74, 6) is 0.174. The summed E-state index contributed by atoms with van der Waals surface area (Å²) >= 11 is 0. The van der Waals surface area contributed by atoms with Crippen LogP contribution in [0.15, 0.2) is 34.9 Å². The molecule has 2 N–H and O–H groups in total. The van der Waals surface area contributed by atoms with Crippen LogP contribution in [0.2, 0.25) is 0 Å². The van der Waals surface area contributed by atoms with Crippen LogP contribution in [0.4, 0.5) is 4.39 Å². The molecule has 0 aliphatic carbocycles. The summed E-state index contributed by atoms with van der Waals surface area (Å²) in [7, 11) is 0. The molecule has 1 aromatic carbocycles. The predicted octanol–water partition coefficient (Wildman–Crippen LogP) is 2.83. The maximum absolute atomic E-state index is 13.2. The van der Waals surface area contributed by atoms with Crippen molar-refractivity contribution in [1.29, 1.82) is 0 Å². The van der Waals surface area contributed by atoms with Gasteiger partial charge in [0, 0.05) is 24.7 Å². The zero-order valence-corrected chi connectivity index (χ0v) is 12.5. The van der Waals surface area contributed by atoms with Crippen molar-refractivity contribution in [3.8, 4) is 11.5 Å². The van der Waals surface area contributed by atoms with Gasteiger partial charge in [0.1, 0.15) is 12.1 Å². The average molecular weight is 312 g/mol. The van der Waals surface area contributed by atoms with Gasteiger partial charge in [0.15, 0.2) is 0 Å². The van der Waals surface area contributed by atoms with Crippen molar-refractivity contribution >= 4 is 12.4 Å². The van der Waals surface area contributed by atoms with E-state index in [1.807, 2.05) is 0 Å². The Morgan fingerprint density at radius 3 is 3.05 bits per heavy atom. The minimum atomic E-state index is -0.287. The van der Waals surface area contributed by atoms with Crippen molar-refractivity contribution in [3.63, 3.8) is 0 Å². The Labute approximate surface area is 129 Å². The van der Waals surface area contributed by atoms with Gasteiger partial charge in [-0.1, -0.05) is 6.07 Å². The van der Waals surface area contributed by atoms with E-state index in [0.717, 1.165) is 25.2 Å². The molecule has 0 radical (unpaired) electrons. The largest absolute Gasteiger partial charge is 0.444 e. The van der Waals surface area contributed by atoms with Crippen LogP contribution in [-0.4, -0.2) is 29.0 Å². The molecule has 1 unspecified atom stereocenters. The smallest absolute Gasteiger partial charge is 0.226 e. The van der Waals surface area contributed by atoms with Gasteiger partial charge in [-0.05, 0) is 37.6 Å². The zero-order chi connectivity index (χ0) is 13.9. The number of likely N-dealkylation sites (tertiary alicyclic amines) is 1. The molecule has 1 fully saturated rings. The van der Waals surface area contributed by atoms with Gasteiger partial charge in [-0.2, -0.15) is 0 Å². The predicted molar refractivity (Wildman–Crippen MR) is 81.6 cm³/mol. The van der Waals surface area contributed by atoms with Crippen LogP contribution in [0.5, 0.6) is 0 Å². The number of benzene rings is 1. The van der Waals surface area contributed by atoms with Gasteiger partial charge in [0.2, 0.25) is 5.89 Å². The Morgan fingerprint density at radius 2 is 2.29 bits per heavy atom. The molecular formula is C15H19ClFN3O. The lowest BCUT2D eigenvalue weighted by Gasteiger charge is -2.21. The molecule has 0 amide bonds. The molecule has 1 saturated heterocycles. The van der Waals surface area contributed by atoms with E-state index < -0.39 is 0 Å². The summed E-state index contributed by atoms with van der Waals surface area (Å²) in [6.45, 7) is 2.46. The van der Waals surface area contributed by atoms with E-state index in [1.54, 1.807) is 18.4 Å². The number of nitrogens with zero attached hydrogens (tertiary/aromatic N) is 2. The fourth-order valence-corrected chi connectivity index (χ4v) is 2.71. The molecule has 0 saturated carbocycles. The molecule has 6 heteroatoms. The van der Waals surface area contributed by atoms with E-state index in [0.29, 0.717) is 24.0 Å². The summed E-state index contributed by atoms with van der Waals surface area (Å²) in [5.41, 5.74) is 7.29. The van der Waals surface area contributed by atoms with E-state index in [4.69, 9.17) is 10.2 Å².